The van der Waals surface area contributed by atoms with Crippen molar-refractivity contribution in [3.05, 3.63) is 229 Å². The number of nitrogens with one attached hydrogen (secondary N) is 1. The third-order valence-corrected chi connectivity index (χ3v) is 26.6. The second-order valence-corrected chi connectivity index (χ2v) is 33.0. The third-order valence-electron chi connectivity index (χ3n) is 25.3. The molecule has 5 heterocycles. The standard InChI is InChI=1S/C85H94N4O9S.Na/c1-50-16-17-58-40-67-26-31-69(58)74(50)43-76(99(94,95)96)75-42-61-38-60(41-68-35-52(48-90)12-8-14-56-39-66(91)25-30-72(56)81(61)97-68)77(75)54-18-23-64(24-19-54)85(98-67,89-82(86)87)46-65(34-51-10-4-3-5-11-51)84(93)45-63(44-83(49-84)32-6-7-33-83)55-21-28-71-57(36-55)22-27-70-62(47-88-2)37-59-15-9-13-53-20-29-73(80(71)92)79(70)78(53)59;/h3-5,9-11,13,15,18-21,23-26,28-31,36-37,39-40,42,50,52,60,63,65,68,73-77,80-81,88,90-93H,6-7,12,16-17,22,27,32-35,38,41,43-49H2,1-2H3,(H4,86,87,89)(H,94,95,96);/q;+1/p-1. The van der Waals surface area contributed by atoms with Crippen molar-refractivity contribution in [2.24, 2.45) is 51.5 Å². The monoisotopic (exact) mass is 1370 g/mol. The van der Waals surface area contributed by atoms with Crippen molar-refractivity contribution in [3.63, 3.8) is 0 Å². The van der Waals surface area contributed by atoms with E-state index in [2.05, 4.69) is 133 Å². The molecule has 6 aliphatic carbocycles. The summed E-state index contributed by atoms with van der Waals surface area (Å²) in [4.78, 5) is 5.32. The van der Waals surface area contributed by atoms with Gasteiger partial charge in [-0.25, -0.2) is 13.4 Å². The van der Waals surface area contributed by atoms with Crippen molar-refractivity contribution in [1.82, 2.24) is 5.32 Å². The zero-order valence-electron chi connectivity index (χ0n) is 57.9. The largest absolute Gasteiger partial charge is 1.00 e. The Labute approximate surface area is 611 Å². The van der Waals surface area contributed by atoms with Crippen LogP contribution in [-0.2, 0) is 52.8 Å². The molecule has 15 unspecified atom stereocenters. The van der Waals surface area contributed by atoms with Crippen molar-refractivity contribution in [3.8, 4) is 23.3 Å². The summed E-state index contributed by atoms with van der Waals surface area (Å²) < 4.78 is 58.6. The van der Waals surface area contributed by atoms with E-state index in [1.54, 1.807) is 12.1 Å². The minimum Gasteiger partial charge on any atom is -0.748 e. The van der Waals surface area contributed by atoms with Crippen LogP contribution < -0.4 is 51.1 Å². The number of phenolic OH excluding ortho intramolecular Hbond substituents is 1. The number of rotatable bonds is 11. The first-order valence-electron chi connectivity index (χ1n) is 36.6. The molecular weight excluding hydrogens is 1280 g/mol. The molecule has 0 aromatic heterocycles. The normalized spacial score (nSPS) is 30.2. The van der Waals surface area contributed by atoms with E-state index in [1.165, 1.54) is 38.6 Å². The quantitative estimate of drug-likeness (QED) is 0.0160. The molecule has 10 bridgehead atoms. The molecule has 100 heavy (non-hydrogen) atoms. The number of aliphatic imine (C=N–C) groups is 1. The maximum atomic E-state index is 14.6. The summed E-state index contributed by atoms with van der Waals surface area (Å²) in [5.41, 5.74) is 25.7. The van der Waals surface area contributed by atoms with Crippen LogP contribution in [0.1, 0.15) is 211 Å². The van der Waals surface area contributed by atoms with Crippen LogP contribution in [0, 0.1) is 46.8 Å². The summed E-state index contributed by atoms with van der Waals surface area (Å²) in [5, 5.41) is 53.6. The van der Waals surface area contributed by atoms with Gasteiger partial charge in [0, 0.05) is 48.6 Å². The molecule has 1 spiro atoms. The van der Waals surface area contributed by atoms with Gasteiger partial charge >= 0.3 is 29.6 Å². The summed E-state index contributed by atoms with van der Waals surface area (Å²) >= 11 is 0. The van der Waals surface area contributed by atoms with Crippen molar-refractivity contribution in [2.45, 2.75) is 188 Å². The second kappa shape index (κ2) is 27.6. The first-order valence-corrected chi connectivity index (χ1v) is 38.1. The number of aliphatic hydroxyl groups excluding tert-OH is 2. The fourth-order valence-electron chi connectivity index (χ4n) is 20.9. The maximum absolute atomic E-state index is 14.6. The van der Waals surface area contributed by atoms with E-state index < -0.39 is 56.7 Å². The molecule has 2 saturated carbocycles. The second-order valence-electron chi connectivity index (χ2n) is 31.4. The molecule has 7 aromatic carbocycles. The van der Waals surface area contributed by atoms with Gasteiger partial charge < -0.3 is 51.2 Å². The number of phenols is 1. The Balaban J connectivity index is 0.00000812. The van der Waals surface area contributed by atoms with E-state index in [-0.39, 0.29) is 108 Å². The van der Waals surface area contributed by atoms with E-state index in [0.29, 0.717) is 68.2 Å². The minimum absolute atomic E-state index is 0. The zero-order chi connectivity index (χ0) is 68.1. The molecule has 9 N–H and O–H groups in total. The van der Waals surface area contributed by atoms with Gasteiger partial charge in [0.2, 0.25) is 5.72 Å². The number of hydrogen-bond donors (Lipinski definition) is 7. The van der Waals surface area contributed by atoms with Crippen molar-refractivity contribution >= 4 is 32.9 Å². The Kier molecular flexibility index (Phi) is 19.1. The number of allylic oxidation sites excluding steroid dienone is 1. The van der Waals surface area contributed by atoms with Crippen molar-refractivity contribution in [1.29, 1.82) is 0 Å². The summed E-state index contributed by atoms with van der Waals surface area (Å²) in [6.07, 6.45) is 16.8. The zero-order valence-corrected chi connectivity index (χ0v) is 60.7. The van der Waals surface area contributed by atoms with Crippen LogP contribution in [0.25, 0.3) is 16.8 Å². The fourth-order valence-corrected chi connectivity index (χ4v) is 22.0. The number of nitrogens with zero attached hydrogens (tertiary/aromatic N) is 1. The summed E-state index contributed by atoms with van der Waals surface area (Å²) in [7, 11) is -2.98. The van der Waals surface area contributed by atoms with Crippen molar-refractivity contribution in [2.75, 3.05) is 13.7 Å². The third kappa shape index (κ3) is 12.9. The Morgan fingerprint density at radius 2 is 1.64 bits per heavy atom. The average Bonchev–Trinajstić information content (AvgIpc) is 0.928. The Bertz CT molecular complexity index is 4560. The van der Waals surface area contributed by atoms with E-state index >= 15 is 0 Å². The van der Waals surface area contributed by atoms with Crippen molar-refractivity contribution < 1.29 is 72.4 Å². The SMILES string of the molecule is CNCc1cc2cccc3c2c2c1CCc1cc(C4CC5(CCCC5)CC(O)(C(Cc5ccccc5)CC5(N=C(N)N)Oc6ccc7c(c6)CCC(C)C7CC(S(=O)(=O)[O-])C6C=C7CC(CC8CC(CO)CC#Cc9cc(O)ccc9C7O8)C6c6ccc5cc6)C4)ccc1C(O)C2C=C3.[Na+]. The summed E-state index contributed by atoms with van der Waals surface area (Å²) in [5.74, 6) is 4.42. The molecule has 0 amide bonds. The molecular formula is C85H93N4NaO9S. The smallest absolute Gasteiger partial charge is 0.748 e. The van der Waals surface area contributed by atoms with Crippen LogP contribution in [0.2, 0.25) is 0 Å². The number of fused-ring (bicyclic) bond motifs is 9. The van der Waals surface area contributed by atoms with Crippen LogP contribution in [0.4, 0.5) is 0 Å². The molecule has 0 radical (unpaired) electrons. The number of hydrogen-bond acceptors (Lipinski definition) is 11. The molecule has 15 heteroatoms. The first-order chi connectivity index (χ1) is 47.8. The molecule has 514 valence electrons. The number of ether oxygens (including phenoxy) is 2. The molecule has 15 atom stereocenters. The van der Waals surface area contributed by atoms with Crippen LogP contribution in [0.15, 0.2) is 156 Å². The van der Waals surface area contributed by atoms with E-state index in [4.69, 9.17) is 25.9 Å². The minimum atomic E-state index is -4.99. The number of aryl methyl sites for hydroxylation is 2. The van der Waals surface area contributed by atoms with Gasteiger partial charge in [-0.05, 0) is 258 Å². The number of guanidine groups is 1. The van der Waals surface area contributed by atoms with Crippen LogP contribution >= 0.6 is 0 Å². The predicted molar refractivity (Wildman–Crippen MR) is 387 cm³/mol. The van der Waals surface area contributed by atoms with Gasteiger partial charge in [0.15, 0.2) is 5.96 Å². The molecule has 5 aliphatic heterocycles. The summed E-state index contributed by atoms with van der Waals surface area (Å²) in [6, 6.07) is 45.5. The molecule has 7 aromatic rings. The van der Waals surface area contributed by atoms with Gasteiger partial charge in [0.1, 0.15) is 17.6 Å². The fraction of sp³-hybridized carbons (Fsp3) is 0.447. The Morgan fingerprint density at radius 1 is 0.860 bits per heavy atom. The Hall–Kier alpha value is -6.58. The van der Waals surface area contributed by atoms with Crippen LogP contribution in [0.3, 0.4) is 0 Å². The molecule has 1 saturated heterocycles. The van der Waals surface area contributed by atoms with Gasteiger partial charge in [0.25, 0.3) is 0 Å². The van der Waals surface area contributed by atoms with Crippen LogP contribution in [-0.4, -0.2) is 70.0 Å². The summed E-state index contributed by atoms with van der Waals surface area (Å²) in [6.45, 7) is 2.81. The topological polar surface area (TPSA) is 233 Å². The van der Waals surface area contributed by atoms with Gasteiger partial charge in [-0.1, -0.05) is 153 Å². The van der Waals surface area contributed by atoms with E-state index in [9.17, 15) is 33.4 Å². The van der Waals surface area contributed by atoms with Gasteiger partial charge in [-0.15, -0.1) is 0 Å². The predicted octanol–water partition coefficient (Wildman–Crippen LogP) is 11.1. The molecule has 13 nitrogen and oxygen atoms in total. The molecule has 18 rings (SSSR count). The Morgan fingerprint density at radius 3 is 2.42 bits per heavy atom. The number of nitrogens with two attached hydrogens (primary N) is 2. The van der Waals surface area contributed by atoms with Gasteiger partial charge in [-0.3, -0.25) is 0 Å². The van der Waals surface area contributed by atoms with E-state index in [0.717, 1.165) is 102 Å². The molecule has 11 aliphatic rings. The first kappa shape index (κ1) is 69.2. The number of benzene rings is 7. The number of aliphatic hydroxyl groups is 3. The number of aromatic hydroxyl groups is 1. The molecule has 3 fully saturated rings. The van der Waals surface area contributed by atoms with Gasteiger partial charge in [0.05, 0.1) is 33.2 Å². The van der Waals surface area contributed by atoms with E-state index in [1.807, 2.05) is 37.4 Å². The average molecular weight is 1370 g/mol. The van der Waals surface area contributed by atoms with Gasteiger partial charge in [-0.2, -0.15) is 0 Å². The maximum Gasteiger partial charge on any atom is 1.00 e. The van der Waals surface area contributed by atoms with Crippen LogP contribution in [0.5, 0.6) is 11.5 Å².